The van der Waals surface area contributed by atoms with Gasteiger partial charge in [-0.05, 0) is 41.1 Å². The largest absolute Gasteiger partial charge is 0.504 e. The van der Waals surface area contributed by atoms with E-state index in [0.717, 1.165) is 5.56 Å². The van der Waals surface area contributed by atoms with Gasteiger partial charge in [0.25, 0.3) is 0 Å². The van der Waals surface area contributed by atoms with Crippen LogP contribution in [-0.2, 0) is 9.53 Å². The molecule has 126 valence electrons. The van der Waals surface area contributed by atoms with Gasteiger partial charge in [-0.15, -0.1) is 0 Å². The first-order valence-corrected chi connectivity index (χ1v) is 8.43. The SMILES string of the molecule is CCOC(=O)CCC(=O)c1nc(-c2ccc(Cl)cc2)cc(Br)c1O. The number of carbonyl (C=O) groups excluding carboxylic acids is 2. The molecule has 0 saturated carbocycles. The predicted molar refractivity (Wildman–Crippen MR) is 94.2 cm³/mol. The van der Waals surface area contributed by atoms with Gasteiger partial charge >= 0.3 is 5.97 Å². The maximum absolute atomic E-state index is 12.3. The molecule has 0 aliphatic rings. The number of Topliss-reactive ketones (excluding diaryl/α,β-unsaturated/α-hetero) is 1. The lowest BCUT2D eigenvalue weighted by Crippen LogP contribution is -2.09. The van der Waals surface area contributed by atoms with Gasteiger partial charge in [-0.3, -0.25) is 9.59 Å². The molecule has 2 aromatic rings. The first kappa shape index (κ1) is 18.4. The second-order valence-corrected chi connectivity index (χ2v) is 6.21. The monoisotopic (exact) mass is 411 g/mol. The lowest BCUT2D eigenvalue weighted by molar-refractivity contribution is -0.143. The van der Waals surface area contributed by atoms with E-state index in [1.807, 2.05) is 0 Å². The number of carbonyl (C=O) groups is 2. The third kappa shape index (κ3) is 4.55. The molecule has 2 rings (SSSR count). The maximum Gasteiger partial charge on any atom is 0.306 e. The summed E-state index contributed by atoms with van der Waals surface area (Å²) in [7, 11) is 0. The van der Waals surface area contributed by atoms with Crippen molar-refractivity contribution in [2.24, 2.45) is 0 Å². The van der Waals surface area contributed by atoms with Crippen molar-refractivity contribution in [2.45, 2.75) is 19.8 Å². The maximum atomic E-state index is 12.3. The molecule has 1 aromatic heterocycles. The number of esters is 1. The lowest BCUT2D eigenvalue weighted by Gasteiger charge is -2.09. The van der Waals surface area contributed by atoms with Crippen LogP contribution in [0.5, 0.6) is 5.75 Å². The second kappa shape index (κ2) is 8.26. The number of benzene rings is 1. The minimum absolute atomic E-state index is 0.0589. The van der Waals surface area contributed by atoms with E-state index in [1.165, 1.54) is 0 Å². The molecule has 7 heteroatoms. The predicted octanol–water partition coefficient (Wildman–Crippen LogP) is 4.40. The summed E-state index contributed by atoms with van der Waals surface area (Å²) in [5.74, 6) is -1.14. The molecule has 1 aromatic carbocycles. The summed E-state index contributed by atoms with van der Waals surface area (Å²) in [6.45, 7) is 1.95. The van der Waals surface area contributed by atoms with E-state index < -0.39 is 11.8 Å². The molecule has 0 amide bonds. The second-order valence-electron chi connectivity index (χ2n) is 4.92. The Morgan fingerprint density at radius 1 is 1.25 bits per heavy atom. The van der Waals surface area contributed by atoms with Crippen LogP contribution in [0.25, 0.3) is 11.3 Å². The molecule has 24 heavy (non-hydrogen) atoms. The van der Waals surface area contributed by atoms with Gasteiger partial charge in [0, 0.05) is 17.0 Å². The number of aromatic nitrogens is 1. The van der Waals surface area contributed by atoms with E-state index >= 15 is 0 Å². The lowest BCUT2D eigenvalue weighted by atomic mass is 10.1. The van der Waals surface area contributed by atoms with Gasteiger partial charge in [0.2, 0.25) is 0 Å². The van der Waals surface area contributed by atoms with Crippen molar-refractivity contribution in [3.05, 3.63) is 45.5 Å². The van der Waals surface area contributed by atoms with Crippen molar-refractivity contribution in [3.63, 3.8) is 0 Å². The topological polar surface area (TPSA) is 76.5 Å². The van der Waals surface area contributed by atoms with Gasteiger partial charge in [-0.2, -0.15) is 0 Å². The van der Waals surface area contributed by atoms with Crippen LogP contribution < -0.4 is 0 Å². The molecule has 1 heterocycles. The number of hydrogen-bond acceptors (Lipinski definition) is 5. The van der Waals surface area contributed by atoms with E-state index in [4.69, 9.17) is 16.3 Å². The molecule has 0 spiro atoms. The van der Waals surface area contributed by atoms with Crippen molar-refractivity contribution >= 4 is 39.3 Å². The fraction of sp³-hybridized carbons (Fsp3) is 0.235. The molecule has 0 saturated heterocycles. The van der Waals surface area contributed by atoms with E-state index in [-0.39, 0.29) is 30.9 Å². The van der Waals surface area contributed by atoms with Crippen LogP contribution in [0, 0.1) is 0 Å². The smallest absolute Gasteiger partial charge is 0.306 e. The van der Waals surface area contributed by atoms with Crippen molar-refractivity contribution in [2.75, 3.05) is 6.61 Å². The first-order valence-electron chi connectivity index (χ1n) is 7.26. The molecular formula is C17H15BrClNO4. The minimum atomic E-state index is -0.460. The zero-order valence-electron chi connectivity index (χ0n) is 12.9. The van der Waals surface area contributed by atoms with Crippen LogP contribution in [0.15, 0.2) is 34.8 Å². The van der Waals surface area contributed by atoms with Gasteiger partial charge in [-0.25, -0.2) is 4.98 Å². The Hall–Kier alpha value is -1.92. The Kier molecular flexibility index (Phi) is 6.34. The summed E-state index contributed by atoms with van der Waals surface area (Å²) < 4.78 is 5.14. The summed E-state index contributed by atoms with van der Waals surface area (Å²) in [4.78, 5) is 27.9. The third-order valence-corrected chi connectivity index (χ3v) is 4.07. The highest BCUT2D eigenvalue weighted by Gasteiger charge is 2.19. The van der Waals surface area contributed by atoms with E-state index in [0.29, 0.717) is 15.2 Å². The van der Waals surface area contributed by atoms with Crippen LogP contribution in [0.1, 0.15) is 30.3 Å². The summed E-state index contributed by atoms with van der Waals surface area (Å²) in [6.07, 6.45) is -0.146. The van der Waals surface area contributed by atoms with E-state index in [1.54, 1.807) is 37.3 Å². The molecule has 0 fully saturated rings. The highest BCUT2D eigenvalue weighted by atomic mass is 79.9. The highest BCUT2D eigenvalue weighted by molar-refractivity contribution is 9.10. The Morgan fingerprint density at radius 3 is 2.54 bits per heavy atom. The van der Waals surface area contributed by atoms with Crippen molar-refractivity contribution < 1.29 is 19.4 Å². The Morgan fingerprint density at radius 2 is 1.92 bits per heavy atom. The fourth-order valence-corrected chi connectivity index (χ4v) is 2.57. The first-order chi connectivity index (χ1) is 11.4. The number of ether oxygens (including phenoxy) is 1. The van der Waals surface area contributed by atoms with Crippen LogP contribution in [0.4, 0.5) is 0 Å². The molecule has 1 N–H and O–H groups in total. The summed E-state index contributed by atoms with van der Waals surface area (Å²) >= 11 is 9.09. The highest BCUT2D eigenvalue weighted by Crippen LogP contribution is 2.32. The third-order valence-electron chi connectivity index (χ3n) is 3.21. The normalized spacial score (nSPS) is 10.5. The van der Waals surface area contributed by atoms with Crippen LogP contribution >= 0.6 is 27.5 Å². The van der Waals surface area contributed by atoms with Gasteiger partial charge in [0.05, 0.1) is 23.2 Å². The Balaban J connectivity index is 2.27. The molecular weight excluding hydrogens is 398 g/mol. The van der Waals surface area contributed by atoms with Gasteiger partial charge in [0.15, 0.2) is 11.5 Å². The van der Waals surface area contributed by atoms with Crippen molar-refractivity contribution in [3.8, 4) is 17.0 Å². The average molecular weight is 413 g/mol. The van der Waals surface area contributed by atoms with Crippen LogP contribution in [0.2, 0.25) is 5.02 Å². The number of pyridine rings is 1. The number of nitrogens with zero attached hydrogens (tertiary/aromatic N) is 1. The minimum Gasteiger partial charge on any atom is -0.504 e. The number of ketones is 1. The standard InChI is InChI=1S/C17H15BrClNO4/c1-2-24-15(22)8-7-14(21)16-17(23)12(18)9-13(20-16)10-3-5-11(19)6-4-10/h3-6,9,23H,2,7-8H2,1H3. The van der Waals surface area contributed by atoms with E-state index in [2.05, 4.69) is 20.9 Å². The zero-order valence-corrected chi connectivity index (χ0v) is 15.2. The van der Waals surface area contributed by atoms with Crippen LogP contribution in [0.3, 0.4) is 0 Å². The Labute approximate surface area is 152 Å². The number of hydrogen-bond donors (Lipinski definition) is 1. The summed E-state index contributed by atoms with van der Waals surface area (Å²) in [5.41, 5.74) is 1.17. The van der Waals surface area contributed by atoms with Crippen LogP contribution in [-0.4, -0.2) is 28.4 Å². The van der Waals surface area contributed by atoms with Crippen molar-refractivity contribution in [1.82, 2.24) is 4.98 Å². The molecule has 0 radical (unpaired) electrons. The van der Waals surface area contributed by atoms with Gasteiger partial charge < -0.3 is 9.84 Å². The van der Waals surface area contributed by atoms with Gasteiger partial charge in [0.1, 0.15) is 5.69 Å². The molecule has 0 aliphatic heterocycles. The zero-order chi connectivity index (χ0) is 17.7. The molecule has 0 bridgehead atoms. The van der Waals surface area contributed by atoms with Gasteiger partial charge in [-0.1, -0.05) is 23.7 Å². The number of halogens is 2. The molecule has 0 atom stereocenters. The van der Waals surface area contributed by atoms with Crippen molar-refractivity contribution in [1.29, 1.82) is 0 Å². The molecule has 0 unspecified atom stereocenters. The summed E-state index contributed by atoms with van der Waals surface area (Å²) in [6, 6.07) is 8.56. The average Bonchev–Trinajstić information content (AvgIpc) is 2.56. The molecule has 5 nitrogen and oxygen atoms in total. The van der Waals surface area contributed by atoms with E-state index in [9.17, 15) is 14.7 Å². The molecule has 0 aliphatic carbocycles. The quantitative estimate of drug-likeness (QED) is 0.562. The number of rotatable bonds is 6. The summed E-state index contributed by atoms with van der Waals surface area (Å²) in [5, 5.41) is 10.7. The number of aromatic hydroxyl groups is 1. The Bertz CT molecular complexity index is 762. The fourth-order valence-electron chi connectivity index (χ4n) is 2.04.